The summed E-state index contributed by atoms with van der Waals surface area (Å²) in [6.45, 7) is 2.36. The molecule has 8 heteroatoms. The molecule has 0 aliphatic carbocycles. The third kappa shape index (κ3) is 6.22. The molecule has 0 saturated heterocycles. The number of aromatic carboxylic acids is 1. The maximum atomic E-state index is 13.0. The number of pyridine rings is 1. The van der Waals surface area contributed by atoms with E-state index in [4.69, 9.17) is 28.3 Å². The molecule has 2 N–H and O–H groups in total. The van der Waals surface area contributed by atoms with Gasteiger partial charge in [-0.05, 0) is 60.9 Å². The van der Waals surface area contributed by atoms with Crippen LogP contribution in [-0.4, -0.2) is 35.1 Å². The number of benzene rings is 2. The topological polar surface area (TPSA) is 82.5 Å². The van der Waals surface area contributed by atoms with Crippen molar-refractivity contribution >= 4 is 40.9 Å². The minimum atomic E-state index is -0.967. The van der Waals surface area contributed by atoms with Crippen LogP contribution in [-0.2, 0) is 13.0 Å². The molecule has 2 aromatic carbocycles. The Hall–Kier alpha value is -3.09. The molecule has 1 aromatic heterocycles. The van der Waals surface area contributed by atoms with Crippen LogP contribution in [0.4, 0.5) is 5.82 Å². The standard InChI is InChI=1S/C24H23Cl2N3O3/c1-15(11-16-3-5-17(6-4-16)24(31)32)28-23(30)21-12-19(25)8-7-18(21)14-29(2)22-10-9-20(26)13-27-22/h3-10,12-13,15H,11,14H2,1-2H3,(H,28,30)(H,31,32)/t15-/m0/s1. The smallest absolute Gasteiger partial charge is 0.335 e. The second-order valence-electron chi connectivity index (χ2n) is 7.57. The summed E-state index contributed by atoms with van der Waals surface area (Å²) in [6, 6.07) is 15.3. The summed E-state index contributed by atoms with van der Waals surface area (Å²) in [5.74, 6) is -0.464. The van der Waals surface area contributed by atoms with Crippen molar-refractivity contribution in [2.75, 3.05) is 11.9 Å². The molecular weight excluding hydrogens is 449 g/mol. The molecule has 3 rings (SSSR count). The SMILES string of the molecule is C[C@@H](Cc1ccc(C(=O)O)cc1)NC(=O)c1cc(Cl)ccc1CN(C)c1ccc(Cl)cn1. The zero-order chi connectivity index (χ0) is 23.3. The van der Waals surface area contributed by atoms with Crippen LogP contribution in [0.3, 0.4) is 0 Å². The molecule has 3 aromatic rings. The van der Waals surface area contributed by atoms with E-state index in [9.17, 15) is 9.59 Å². The molecule has 32 heavy (non-hydrogen) atoms. The molecule has 0 unspecified atom stereocenters. The number of nitrogens with one attached hydrogen (secondary N) is 1. The molecule has 166 valence electrons. The van der Waals surface area contributed by atoms with Gasteiger partial charge in [0.05, 0.1) is 10.6 Å². The number of carboxylic acids is 1. The Labute approximate surface area is 196 Å². The Morgan fingerprint density at radius 1 is 1.06 bits per heavy atom. The highest BCUT2D eigenvalue weighted by Crippen LogP contribution is 2.21. The Morgan fingerprint density at radius 2 is 1.75 bits per heavy atom. The van der Waals surface area contributed by atoms with E-state index in [1.165, 1.54) is 0 Å². The fraction of sp³-hybridized carbons (Fsp3) is 0.208. The van der Waals surface area contributed by atoms with Crippen LogP contribution >= 0.6 is 23.2 Å². The number of anilines is 1. The van der Waals surface area contributed by atoms with Crippen molar-refractivity contribution in [1.29, 1.82) is 0 Å². The van der Waals surface area contributed by atoms with Crippen molar-refractivity contribution in [2.45, 2.75) is 25.9 Å². The second-order valence-corrected chi connectivity index (χ2v) is 8.45. The monoisotopic (exact) mass is 471 g/mol. The predicted molar refractivity (Wildman–Crippen MR) is 127 cm³/mol. The van der Waals surface area contributed by atoms with E-state index in [1.807, 2.05) is 31.0 Å². The predicted octanol–water partition coefficient (Wildman–Crippen LogP) is 5.08. The Morgan fingerprint density at radius 3 is 2.38 bits per heavy atom. The van der Waals surface area contributed by atoms with Gasteiger partial charge in [0.15, 0.2) is 0 Å². The molecule has 1 atom stereocenters. The second kappa shape index (κ2) is 10.5. The van der Waals surface area contributed by atoms with Gasteiger partial charge in [-0.2, -0.15) is 0 Å². The van der Waals surface area contributed by atoms with Crippen LogP contribution in [0.25, 0.3) is 0 Å². The molecule has 0 radical (unpaired) electrons. The van der Waals surface area contributed by atoms with E-state index >= 15 is 0 Å². The summed E-state index contributed by atoms with van der Waals surface area (Å²) in [7, 11) is 1.88. The van der Waals surface area contributed by atoms with Crippen molar-refractivity contribution < 1.29 is 14.7 Å². The quantitative estimate of drug-likeness (QED) is 0.478. The minimum Gasteiger partial charge on any atom is -0.478 e. The van der Waals surface area contributed by atoms with Crippen molar-refractivity contribution in [2.24, 2.45) is 0 Å². The number of amides is 1. The lowest BCUT2D eigenvalue weighted by Gasteiger charge is -2.21. The van der Waals surface area contributed by atoms with E-state index in [0.717, 1.165) is 16.9 Å². The maximum Gasteiger partial charge on any atom is 0.335 e. The van der Waals surface area contributed by atoms with Crippen LogP contribution in [0.5, 0.6) is 0 Å². The molecule has 1 heterocycles. The molecule has 0 bridgehead atoms. The molecule has 0 saturated carbocycles. The Bertz CT molecular complexity index is 1100. The third-order valence-corrected chi connectivity index (χ3v) is 5.41. The number of hydrogen-bond acceptors (Lipinski definition) is 4. The van der Waals surface area contributed by atoms with Gasteiger partial charge >= 0.3 is 5.97 Å². The highest BCUT2D eigenvalue weighted by molar-refractivity contribution is 6.31. The van der Waals surface area contributed by atoms with E-state index in [2.05, 4.69) is 10.3 Å². The number of halogens is 2. The fourth-order valence-corrected chi connectivity index (χ4v) is 3.60. The molecular formula is C24H23Cl2N3O3. The number of carbonyl (C=O) groups excluding carboxylic acids is 1. The van der Waals surface area contributed by atoms with Gasteiger partial charge in [-0.1, -0.05) is 41.4 Å². The number of carbonyl (C=O) groups is 2. The lowest BCUT2D eigenvalue weighted by molar-refractivity contribution is 0.0696. The maximum absolute atomic E-state index is 13.0. The van der Waals surface area contributed by atoms with Crippen LogP contribution in [0.2, 0.25) is 10.0 Å². The number of carboxylic acid groups (broad SMARTS) is 1. The highest BCUT2D eigenvalue weighted by Gasteiger charge is 2.17. The first-order chi connectivity index (χ1) is 15.2. The average Bonchev–Trinajstić information content (AvgIpc) is 2.75. The molecule has 0 fully saturated rings. The fourth-order valence-electron chi connectivity index (χ4n) is 3.32. The van der Waals surface area contributed by atoms with Crippen LogP contribution in [0.1, 0.15) is 38.8 Å². The summed E-state index contributed by atoms with van der Waals surface area (Å²) >= 11 is 12.1. The van der Waals surface area contributed by atoms with Crippen molar-refractivity contribution in [3.05, 3.63) is 93.1 Å². The van der Waals surface area contributed by atoms with Crippen LogP contribution in [0, 0.1) is 0 Å². The van der Waals surface area contributed by atoms with Gasteiger partial charge in [0, 0.05) is 36.4 Å². The molecule has 0 aliphatic heterocycles. The molecule has 0 spiro atoms. The normalized spacial score (nSPS) is 11.6. The van der Waals surface area contributed by atoms with E-state index in [-0.39, 0.29) is 17.5 Å². The van der Waals surface area contributed by atoms with Crippen molar-refractivity contribution in [1.82, 2.24) is 10.3 Å². The van der Waals surface area contributed by atoms with Crippen molar-refractivity contribution in [3.8, 4) is 0 Å². The Balaban J connectivity index is 1.70. The van der Waals surface area contributed by atoms with Gasteiger partial charge in [-0.15, -0.1) is 0 Å². The molecule has 0 aliphatic rings. The van der Waals surface area contributed by atoms with Gasteiger partial charge in [0.1, 0.15) is 5.82 Å². The molecule has 1 amide bonds. The summed E-state index contributed by atoms with van der Waals surface area (Å²) < 4.78 is 0. The van der Waals surface area contributed by atoms with Gasteiger partial charge in [0.25, 0.3) is 5.91 Å². The van der Waals surface area contributed by atoms with E-state index in [0.29, 0.717) is 28.6 Å². The van der Waals surface area contributed by atoms with Crippen molar-refractivity contribution in [3.63, 3.8) is 0 Å². The average molecular weight is 472 g/mol. The van der Waals surface area contributed by atoms with Crippen LogP contribution < -0.4 is 10.2 Å². The van der Waals surface area contributed by atoms with E-state index in [1.54, 1.807) is 48.7 Å². The van der Waals surface area contributed by atoms with Gasteiger partial charge in [0.2, 0.25) is 0 Å². The first-order valence-electron chi connectivity index (χ1n) is 9.97. The van der Waals surface area contributed by atoms with Crippen LogP contribution in [0.15, 0.2) is 60.8 Å². The number of hydrogen-bond donors (Lipinski definition) is 2. The summed E-state index contributed by atoms with van der Waals surface area (Å²) in [5.41, 5.74) is 2.46. The largest absolute Gasteiger partial charge is 0.478 e. The summed E-state index contributed by atoms with van der Waals surface area (Å²) in [5, 5.41) is 13.1. The lowest BCUT2D eigenvalue weighted by Crippen LogP contribution is -2.35. The first kappa shape index (κ1) is 23.6. The highest BCUT2D eigenvalue weighted by atomic mass is 35.5. The number of rotatable bonds is 8. The number of aromatic nitrogens is 1. The zero-order valence-electron chi connectivity index (χ0n) is 17.7. The van der Waals surface area contributed by atoms with Gasteiger partial charge in [-0.25, -0.2) is 9.78 Å². The summed E-state index contributed by atoms with van der Waals surface area (Å²) in [6.07, 6.45) is 2.14. The summed E-state index contributed by atoms with van der Waals surface area (Å²) in [4.78, 5) is 30.3. The lowest BCUT2D eigenvalue weighted by atomic mass is 10.0. The minimum absolute atomic E-state index is 0.166. The zero-order valence-corrected chi connectivity index (χ0v) is 19.2. The Kier molecular flexibility index (Phi) is 7.72. The van der Waals surface area contributed by atoms with Gasteiger partial charge < -0.3 is 15.3 Å². The third-order valence-electron chi connectivity index (χ3n) is 4.95. The number of nitrogens with zero attached hydrogens (tertiary/aromatic N) is 2. The molecule has 6 nitrogen and oxygen atoms in total. The van der Waals surface area contributed by atoms with Gasteiger partial charge in [-0.3, -0.25) is 4.79 Å². The van der Waals surface area contributed by atoms with E-state index < -0.39 is 5.97 Å². The first-order valence-corrected chi connectivity index (χ1v) is 10.7.